The van der Waals surface area contributed by atoms with E-state index in [9.17, 15) is 0 Å². The second-order valence-corrected chi connectivity index (χ2v) is 5.56. The second kappa shape index (κ2) is 5.54. The van der Waals surface area contributed by atoms with Gasteiger partial charge in [0.2, 0.25) is 0 Å². The van der Waals surface area contributed by atoms with Crippen molar-refractivity contribution in [1.82, 2.24) is 15.3 Å². The van der Waals surface area contributed by atoms with Crippen LogP contribution in [0.2, 0.25) is 0 Å². The zero-order chi connectivity index (χ0) is 13.2. The fourth-order valence-corrected chi connectivity index (χ4v) is 3.30. The highest BCUT2D eigenvalue weighted by molar-refractivity contribution is 5.30. The van der Waals surface area contributed by atoms with Crippen LogP contribution in [0.1, 0.15) is 23.6 Å². The lowest BCUT2D eigenvalue weighted by Crippen LogP contribution is -2.55. The monoisotopic (exact) mass is 262 g/mol. The maximum absolute atomic E-state index is 5.92. The van der Waals surface area contributed by atoms with Crippen LogP contribution in [0.5, 0.6) is 0 Å². The van der Waals surface area contributed by atoms with E-state index in [1.165, 1.54) is 11.3 Å². The molecule has 5 heteroatoms. The van der Waals surface area contributed by atoms with E-state index in [1.54, 1.807) is 0 Å². The number of aromatic nitrogens is 1. The molecule has 0 aromatic carbocycles. The third-order valence-electron chi connectivity index (χ3n) is 4.33. The standard InChI is InChI=1S/C14H22N4O/c1-18-7-8-19-12(9-18)14(17-15)11-5-4-10-3-2-6-16-13(10)11/h2-3,6,11-12,14,17H,4-5,7-9,15H2,1H3. The van der Waals surface area contributed by atoms with Gasteiger partial charge < -0.3 is 9.64 Å². The molecule has 0 bridgehead atoms. The molecule has 2 heterocycles. The van der Waals surface area contributed by atoms with E-state index in [1.807, 2.05) is 12.3 Å². The van der Waals surface area contributed by atoms with E-state index in [2.05, 4.69) is 28.4 Å². The van der Waals surface area contributed by atoms with Crippen molar-refractivity contribution >= 4 is 0 Å². The minimum atomic E-state index is 0.138. The Kier molecular flexibility index (Phi) is 3.79. The van der Waals surface area contributed by atoms with Crippen molar-refractivity contribution < 1.29 is 4.74 Å². The number of pyridine rings is 1. The Bertz CT molecular complexity index is 439. The molecule has 1 aliphatic carbocycles. The summed E-state index contributed by atoms with van der Waals surface area (Å²) in [6.45, 7) is 2.70. The van der Waals surface area contributed by atoms with E-state index < -0.39 is 0 Å². The molecule has 0 radical (unpaired) electrons. The molecule has 3 atom stereocenters. The SMILES string of the molecule is CN1CCOC(C(NN)C2CCc3cccnc32)C1. The van der Waals surface area contributed by atoms with Crippen molar-refractivity contribution in [3.63, 3.8) is 0 Å². The predicted molar refractivity (Wildman–Crippen MR) is 73.6 cm³/mol. The number of rotatable bonds is 3. The Morgan fingerprint density at radius 1 is 1.58 bits per heavy atom. The number of nitrogens with zero attached hydrogens (tertiary/aromatic N) is 2. The van der Waals surface area contributed by atoms with E-state index >= 15 is 0 Å². The van der Waals surface area contributed by atoms with E-state index in [4.69, 9.17) is 10.6 Å². The summed E-state index contributed by atoms with van der Waals surface area (Å²) in [5, 5.41) is 0. The van der Waals surface area contributed by atoms with Crippen molar-refractivity contribution in [2.75, 3.05) is 26.7 Å². The van der Waals surface area contributed by atoms with Gasteiger partial charge in [0.05, 0.1) is 18.8 Å². The van der Waals surface area contributed by atoms with Crippen LogP contribution in [-0.2, 0) is 11.2 Å². The fourth-order valence-electron chi connectivity index (χ4n) is 3.30. The molecule has 19 heavy (non-hydrogen) atoms. The van der Waals surface area contributed by atoms with Crippen LogP contribution in [0.4, 0.5) is 0 Å². The van der Waals surface area contributed by atoms with E-state index in [0.717, 1.165) is 32.5 Å². The molecule has 3 unspecified atom stereocenters. The lowest BCUT2D eigenvalue weighted by Gasteiger charge is -2.37. The molecule has 0 saturated carbocycles. The Hall–Kier alpha value is -1.01. The summed E-state index contributed by atoms with van der Waals surface area (Å²) < 4.78 is 5.92. The largest absolute Gasteiger partial charge is 0.374 e. The van der Waals surface area contributed by atoms with E-state index in [-0.39, 0.29) is 12.1 Å². The number of aryl methyl sites for hydroxylation is 1. The fraction of sp³-hybridized carbons (Fsp3) is 0.643. The Morgan fingerprint density at radius 3 is 3.26 bits per heavy atom. The van der Waals surface area contributed by atoms with Gasteiger partial charge in [0, 0.05) is 30.9 Å². The van der Waals surface area contributed by atoms with Crippen LogP contribution in [0.25, 0.3) is 0 Å². The number of ether oxygens (including phenoxy) is 1. The van der Waals surface area contributed by atoms with Crippen molar-refractivity contribution in [3.8, 4) is 0 Å². The van der Waals surface area contributed by atoms with Crippen LogP contribution >= 0.6 is 0 Å². The molecule has 1 aromatic heterocycles. The van der Waals surface area contributed by atoms with Crippen molar-refractivity contribution in [3.05, 3.63) is 29.6 Å². The van der Waals surface area contributed by atoms with Gasteiger partial charge in [0.25, 0.3) is 0 Å². The maximum atomic E-state index is 5.92. The number of nitrogens with one attached hydrogen (secondary N) is 1. The van der Waals surface area contributed by atoms with Gasteiger partial charge in [-0.15, -0.1) is 0 Å². The number of hydrogen-bond acceptors (Lipinski definition) is 5. The summed E-state index contributed by atoms with van der Waals surface area (Å²) in [5.74, 6) is 6.17. The normalized spacial score (nSPS) is 29.2. The molecule has 1 fully saturated rings. The Labute approximate surface area is 114 Å². The van der Waals surface area contributed by atoms with E-state index in [0.29, 0.717) is 5.92 Å². The first kappa shape index (κ1) is 13.0. The highest BCUT2D eigenvalue weighted by atomic mass is 16.5. The summed E-state index contributed by atoms with van der Waals surface area (Å²) in [7, 11) is 2.13. The van der Waals surface area contributed by atoms with Crippen molar-refractivity contribution in [1.29, 1.82) is 0 Å². The molecule has 1 aliphatic heterocycles. The first-order valence-electron chi connectivity index (χ1n) is 6.99. The van der Waals surface area contributed by atoms with Crippen molar-refractivity contribution in [2.24, 2.45) is 5.84 Å². The van der Waals surface area contributed by atoms with Gasteiger partial charge in [0.15, 0.2) is 0 Å². The molecule has 3 rings (SSSR count). The number of hydrazine groups is 1. The Balaban J connectivity index is 1.80. The number of hydrogen-bond donors (Lipinski definition) is 2. The van der Waals surface area contributed by atoms with Crippen LogP contribution < -0.4 is 11.3 Å². The van der Waals surface area contributed by atoms with Gasteiger partial charge in [-0.2, -0.15) is 0 Å². The molecule has 3 N–H and O–H groups in total. The van der Waals surface area contributed by atoms with Crippen LogP contribution in [0.3, 0.4) is 0 Å². The lowest BCUT2D eigenvalue weighted by molar-refractivity contribution is -0.0435. The maximum Gasteiger partial charge on any atom is 0.0875 e. The highest BCUT2D eigenvalue weighted by Crippen LogP contribution is 2.35. The molecule has 1 aromatic rings. The molecule has 1 saturated heterocycles. The van der Waals surface area contributed by atoms with Gasteiger partial charge in [-0.05, 0) is 31.5 Å². The number of morpholine rings is 1. The first-order chi connectivity index (χ1) is 9.29. The molecular weight excluding hydrogens is 240 g/mol. The summed E-state index contributed by atoms with van der Waals surface area (Å²) in [6, 6.07) is 4.32. The molecule has 2 aliphatic rings. The zero-order valence-corrected chi connectivity index (χ0v) is 11.4. The smallest absolute Gasteiger partial charge is 0.0875 e. The summed E-state index contributed by atoms with van der Waals surface area (Å²) in [6.07, 6.45) is 4.21. The first-order valence-corrected chi connectivity index (χ1v) is 6.99. The lowest BCUT2D eigenvalue weighted by atomic mass is 9.92. The number of nitrogens with two attached hydrogens (primary N) is 1. The molecule has 0 amide bonds. The minimum absolute atomic E-state index is 0.138. The molecular formula is C14H22N4O. The van der Waals surface area contributed by atoms with Gasteiger partial charge in [-0.3, -0.25) is 16.3 Å². The molecule has 0 spiro atoms. The molecule has 5 nitrogen and oxygen atoms in total. The van der Waals surface area contributed by atoms with Crippen molar-refractivity contribution in [2.45, 2.75) is 30.9 Å². The third kappa shape index (κ3) is 2.51. The average Bonchev–Trinajstić information content (AvgIpc) is 2.84. The van der Waals surface area contributed by atoms with Gasteiger partial charge >= 0.3 is 0 Å². The topological polar surface area (TPSA) is 63.4 Å². The number of fused-ring (bicyclic) bond motifs is 1. The molecule has 104 valence electrons. The highest BCUT2D eigenvalue weighted by Gasteiger charge is 2.37. The summed E-state index contributed by atoms with van der Waals surface area (Å²) in [4.78, 5) is 6.86. The third-order valence-corrected chi connectivity index (χ3v) is 4.33. The number of likely N-dealkylation sites (N-methyl/N-ethyl adjacent to an activating group) is 1. The average molecular weight is 262 g/mol. The zero-order valence-electron chi connectivity index (χ0n) is 11.4. The predicted octanol–water partition coefficient (Wildman–Crippen LogP) is 0.274. The van der Waals surface area contributed by atoms with Crippen LogP contribution in [-0.4, -0.2) is 48.8 Å². The van der Waals surface area contributed by atoms with Gasteiger partial charge in [-0.1, -0.05) is 6.07 Å². The van der Waals surface area contributed by atoms with Gasteiger partial charge in [-0.25, -0.2) is 0 Å². The Morgan fingerprint density at radius 2 is 2.47 bits per heavy atom. The summed E-state index contributed by atoms with van der Waals surface area (Å²) >= 11 is 0. The van der Waals surface area contributed by atoms with Crippen LogP contribution in [0.15, 0.2) is 18.3 Å². The van der Waals surface area contributed by atoms with Gasteiger partial charge in [0.1, 0.15) is 0 Å². The quantitative estimate of drug-likeness (QED) is 0.605. The second-order valence-electron chi connectivity index (χ2n) is 5.56. The van der Waals surface area contributed by atoms with Crippen LogP contribution in [0, 0.1) is 0 Å². The minimum Gasteiger partial charge on any atom is -0.374 e. The summed E-state index contributed by atoms with van der Waals surface area (Å²) in [5.41, 5.74) is 5.54.